The Kier molecular flexibility index (Phi) is 12.6. The predicted octanol–water partition coefficient (Wildman–Crippen LogP) is 3.25. The summed E-state index contributed by atoms with van der Waals surface area (Å²) in [5.41, 5.74) is 9.84. The van der Waals surface area contributed by atoms with E-state index in [0.29, 0.717) is 48.1 Å². The number of hydrogen-bond acceptors (Lipinski definition) is 13. The summed E-state index contributed by atoms with van der Waals surface area (Å²) in [6.45, 7) is 3.65. The van der Waals surface area contributed by atoms with Crippen molar-refractivity contribution in [3.05, 3.63) is 93.9 Å². The van der Waals surface area contributed by atoms with Gasteiger partial charge in [-0.1, -0.05) is 0 Å². The van der Waals surface area contributed by atoms with E-state index in [4.69, 9.17) is 24.7 Å². The van der Waals surface area contributed by atoms with Crippen LogP contribution < -0.4 is 36.1 Å². The number of pyridine rings is 2. The summed E-state index contributed by atoms with van der Waals surface area (Å²) in [4.78, 5) is 69.9. The second kappa shape index (κ2) is 18.1. The zero-order chi connectivity index (χ0) is 41.6. The number of amides is 4. The lowest BCUT2D eigenvalue weighted by Gasteiger charge is -2.27. The standard InChI is InChI=1S/C43H49N7O9/c1-48-23-34(30-11-14-46-21-33(30)41(48)53)26-17-37(56-2)35(38(18-26)57-3)24-49-15-12-29(22-49)59-25-27(44)20-45-13-5-4-6-16-58-28-7-8-31-32(19-28)43(55)50(42(31)54)36-9-10-39(51)47-40(36)52/h7-8,11,14,17-21,23,29,36,45H,4-6,9-10,12-13,15-16,22,24-25,44H2,1-3H3,(H,47,51,52)/b27-20-. The number of rotatable bonds is 17. The lowest BCUT2D eigenvalue weighted by Crippen LogP contribution is -2.54. The number of fused-ring (bicyclic) bond motifs is 2. The second-order valence-electron chi connectivity index (χ2n) is 14.9. The van der Waals surface area contributed by atoms with Crippen molar-refractivity contribution < 1.29 is 38.1 Å². The Labute approximate surface area is 341 Å². The van der Waals surface area contributed by atoms with Gasteiger partial charge in [0.25, 0.3) is 17.4 Å². The Morgan fingerprint density at radius 3 is 2.49 bits per heavy atom. The summed E-state index contributed by atoms with van der Waals surface area (Å²) >= 11 is 0. The van der Waals surface area contributed by atoms with Crippen LogP contribution in [0, 0.1) is 0 Å². The molecule has 2 saturated heterocycles. The fourth-order valence-electron chi connectivity index (χ4n) is 7.83. The molecule has 0 aliphatic carbocycles. The van der Waals surface area contributed by atoms with Crippen LogP contribution in [0.2, 0.25) is 0 Å². The number of aromatic nitrogens is 2. The van der Waals surface area contributed by atoms with Gasteiger partial charge in [0.2, 0.25) is 11.8 Å². The number of ether oxygens (including phenoxy) is 4. The van der Waals surface area contributed by atoms with Gasteiger partial charge in [-0.3, -0.25) is 44.1 Å². The molecule has 0 radical (unpaired) electrons. The highest BCUT2D eigenvalue weighted by atomic mass is 16.5. The summed E-state index contributed by atoms with van der Waals surface area (Å²) in [7, 11) is 5.02. The van der Waals surface area contributed by atoms with E-state index < -0.39 is 29.7 Å². The summed E-state index contributed by atoms with van der Waals surface area (Å²) in [6, 6.07) is 9.53. The van der Waals surface area contributed by atoms with Crippen LogP contribution in [0.15, 0.2) is 71.7 Å². The number of piperidine rings is 1. The van der Waals surface area contributed by atoms with Gasteiger partial charge in [-0.15, -0.1) is 0 Å². The fraction of sp³-hybridized carbons (Fsp3) is 0.395. The molecule has 3 aliphatic rings. The van der Waals surface area contributed by atoms with Gasteiger partial charge in [0.05, 0.1) is 61.3 Å². The van der Waals surface area contributed by atoms with Crippen LogP contribution in [0.3, 0.4) is 0 Å². The van der Waals surface area contributed by atoms with Crippen LogP contribution in [0.5, 0.6) is 17.2 Å². The van der Waals surface area contributed by atoms with Crippen molar-refractivity contribution in [1.82, 2.24) is 30.0 Å². The van der Waals surface area contributed by atoms with Crippen molar-refractivity contribution in [3.63, 3.8) is 0 Å². The van der Waals surface area contributed by atoms with Crippen LogP contribution in [0.4, 0.5) is 0 Å². The van der Waals surface area contributed by atoms with E-state index in [1.807, 2.05) is 24.4 Å². The first kappa shape index (κ1) is 40.9. The lowest BCUT2D eigenvalue weighted by molar-refractivity contribution is -0.136. The SMILES string of the molecule is COc1cc(-c2cn(C)c(=O)c3cnccc23)cc(OC)c1CN1CCC(OC/C(N)=C/NCCCCCOc2ccc3c(c2)C(=O)N(C2CCC(=O)NC2=O)C3=O)C1. The molecule has 2 aromatic heterocycles. The van der Waals surface area contributed by atoms with E-state index in [1.54, 1.807) is 50.5 Å². The van der Waals surface area contributed by atoms with E-state index in [-0.39, 0.29) is 35.6 Å². The highest BCUT2D eigenvalue weighted by Crippen LogP contribution is 2.38. The number of nitrogens with two attached hydrogens (primary N) is 1. The van der Waals surface area contributed by atoms with Gasteiger partial charge in [-0.25, -0.2) is 0 Å². The number of imide groups is 2. The Morgan fingerprint density at radius 1 is 0.949 bits per heavy atom. The first-order chi connectivity index (χ1) is 28.6. The molecule has 4 amide bonds. The molecule has 5 heterocycles. The van der Waals surface area contributed by atoms with E-state index in [0.717, 1.165) is 72.3 Å². The molecule has 16 nitrogen and oxygen atoms in total. The molecule has 59 heavy (non-hydrogen) atoms. The normalized spacial score (nSPS) is 18.4. The van der Waals surface area contributed by atoms with Gasteiger partial charge >= 0.3 is 0 Å². The Morgan fingerprint density at radius 2 is 1.73 bits per heavy atom. The summed E-state index contributed by atoms with van der Waals surface area (Å²) in [6.07, 6.45) is 10.5. The first-order valence-corrected chi connectivity index (χ1v) is 19.7. The number of aryl methyl sites for hydroxylation is 1. The first-order valence-electron chi connectivity index (χ1n) is 19.7. The second-order valence-corrected chi connectivity index (χ2v) is 14.9. The highest BCUT2D eigenvalue weighted by molar-refractivity contribution is 6.23. The minimum Gasteiger partial charge on any atom is -0.496 e. The number of methoxy groups -OCH3 is 2. The molecule has 2 aromatic carbocycles. The molecule has 3 aliphatic heterocycles. The molecule has 0 spiro atoms. The predicted molar refractivity (Wildman–Crippen MR) is 218 cm³/mol. The topological polar surface area (TPSA) is 197 Å². The van der Waals surface area contributed by atoms with Gasteiger partial charge < -0.3 is 34.6 Å². The molecular weight excluding hydrogens is 759 g/mol. The van der Waals surface area contributed by atoms with E-state index in [9.17, 15) is 24.0 Å². The maximum absolute atomic E-state index is 13.1. The van der Waals surface area contributed by atoms with Crippen molar-refractivity contribution in [2.75, 3.05) is 47.1 Å². The van der Waals surface area contributed by atoms with Crippen LogP contribution in [-0.2, 0) is 27.9 Å². The Bertz CT molecular complexity index is 2330. The summed E-state index contributed by atoms with van der Waals surface area (Å²) in [5.74, 6) is -0.303. The van der Waals surface area contributed by atoms with Crippen molar-refractivity contribution in [1.29, 1.82) is 0 Å². The summed E-state index contributed by atoms with van der Waals surface area (Å²) < 4.78 is 25.3. The molecule has 2 atom stereocenters. The Hall–Kier alpha value is -6.26. The molecule has 2 fully saturated rings. The fourth-order valence-corrected chi connectivity index (χ4v) is 7.83. The Balaban J connectivity index is 0.818. The third kappa shape index (κ3) is 8.93. The third-order valence-corrected chi connectivity index (χ3v) is 10.9. The number of carbonyl (C=O) groups excluding carboxylic acids is 4. The van der Waals surface area contributed by atoms with Crippen molar-refractivity contribution in [3.8, 4) is 28.4 Å². The van der Waals surface area contributed by atoms with Crippen molar-refractivity contribution in [2.24, 2.45) is 12.8 Å². The highest BCUT2D eigenvalue weighted by Gasteiger charge is 2.44. The van der Waals surface area contributed by atoms with E-state index in [1.165, 1.54) is 12.1 Å². The van der Waals surface area contributed by atoms with Gasteiger partial charge in [-0.05, 0) is 79.5 Å². The minimum atomic E-state index is -1.00. The average molecular weight is 808 g/mol. The number of likely N-dealkylation sites (tertiary alicyclic amines) is 1. The number of nitrogens with one attached hydrogen (secondary N) is 2. The number of carbonyl (C=O) groups is 4. The van der Waals surface area contributed by atoms with Crippen LogP contribution in [0.25, 0.3) is 21.9 Å². The maximum atomic E-state index is 13.1. The zero-order valence-corrected chi connectivity index (χ0v) is 33.5. The quantitative estimate of drug-likeness (QED) is 0.104. The average Bonchev–Trinajstić information content (AvgIpc) is 3.79. The van der Waals surface area contributed by atoms with Gasteiger partial charge in [-0.2, -0.15) is 0 Å². The van der Waals surface area contributed by atoms with Crippen LogP contribution in [0.1, 0.15) is 64.8 Å². The number of nitrogens with zero attached hydrogens (tertiary/aromatic N) is 4. The molecule has 7 rings (SSSR count). The van der Waals surface area contributed by atoms with Gasteiger partial charge in [0.15, 0.2) is 0 Å². The molecule has 0 saturated carbocycles. The van der Waals surface area contributed by atoms with Gasteiger partial charge in [0, 0.05) is 70.0 Å². The van der Waals surface area contributed by atoms with Crippen LogP contribution >= 0.6 is 0 Å². The molecular formula is C43H49N7O9. The zero-order valence-electron chi connectivity index (χ0n) is 33.5. The molecule has 4 N–H and O–H groups in total. The molecule has 0 bridgehead atoms. The minimum absolute atomic E-state index is 0.0253. The molecule has 2 unspecified atom stereocenters. The third-order valence-electron chi connectivity index (χ3n) is 10.9. The van der Waals surface area contributed by atoms with E-state index >= 15 is 0 Å². The van der Waals surface area contributed by atoms with Gasteiger partial charge in [0.1, 0.15) is 23.3 Å². The van der Waals surface area contributed by atoms with Crippen molar-refractivity contribution >= 4 is 34.4 Å². The lowest BCUT2D eigenvalue weighted by atomic mass is 9.99. The largest absolute Gasteiger partial charge is 0.496 e. The smallest absolute Gasteiger partial charge is 0.262 e. The molecule has 4 aromatic rings. The maximum Gasteiger partial charge on any atom is 0.262 e. The molecule has 16 heteroatoms. The van der Waals surface area contributed by atoms with Crippen molar-refractivity contribution in [2.45, 2.75) is 57.2 Å². The van der Waals surface area contributed by atoms with E-state index in [2.05, 4.69) is 20.5 Å². The van der Waals surface area contributed by atoms with Crippen LogP contribution in [-0.4, -0.2) is 102 Å². The monoisotopic (exact) mass is 807 g/mol. The molecule has 310 valence electrons. The summed E-state index contributed by atoms with van der Waals surface area (Å²) in [5, 5.41) is 6.81. The number of hydrogen-bond donors (Lipinski definition) is 3. The number of unbranched alkanes of at least 4 members (excludes halogenated alkanes) is 2. The number of benzene rings is 2.